The van der Waals surface area contributed by atoms with Gasteiger partial charge in [-0.15, -0.1) is 6.58 Å². The van der Waals surface area contributed by atoms with Crippen LogP contribution in [0.5, 0.6) is 0 Å². The number of hydrogen-bond acceptors (Lipinski definition) is 3. The van der Waals surface area contributed by atoms with E-state index in [0.29, 0.717) is 13.0 Å². The van der Waals surface area contributed by atoms with Gasteiger partial charge in [0.25, 0.3) is 0 Å². The number of carbonyl (C=O) groups is 1. The molecule has 80 valence electrons. The van der Waals surface area contributed by atoms with Crippen molar-refractivity contribution in [3.05, 3.63) is 12.7 Å². The molecule has 1 heterocycles. The molecule has 1 fully saturated rings. The monoisotopic (exact) mass is 198 g/mol. The molecule has 0 N–H and O–H groups in total. The summed E-state index contributed by atoms with van der Waals surface area (Å²) in [6.45, 7) is 7.96. The minimum Gasteiger partial charge on any atom is -0.466 e. The van der Waals surface area contributed by atoms with E-state index in [0.717, 1.165) is 12.8 Å². The molecule has 0 aliphatic carbocycles. The Morgan fingerprint density at radius 3 is 3.00 bits per heavy atom. The fraction of sp³-hybridized carbons (Fsp3) is 0.727. The average molecular weight is 198 g/mol. The summed E-state index contributed by atoms with van der Waals surface area (Å²) in [5, 5.41) is 0. The van der Waals surface area contributed by atoms with Crippen LogP contribution in [0.25, 0.3) is 0 Å². The second kappa shape index (κ2) is 4.60. The van der Waals surface area contributed by atoms with Crippen LogP contribution in [0.3, 0.4) is 0 Å². The molecule has 1 saturated heterocycles. The number of hydrogen-bond donors (Lipinski definition) is 0. The maximum atomic E-state index is 11.2. The van der Waals surface area contributed by atoms with Gasteiger partial charge in [-0.1, -0.05) is 6.08 Å². The van der Waals surface area contributed by atoms with E-state index in [1.165, 1.54) is 0 Å². The molecule has 14 heavy (non-hydrogen) atoms. The highest BCUT2D eigenvalue weighted by Crippen LogP contribution is 2.32. The second-order valence-electron chi connectivity index (χ2n) is 3.80. The molecule has 0 spiro atoms. The molecule has 2 atom stereocenters. The van der Waals surface area contributed by atoms with Crippen LogP contribution in [0.1, 0.15) is 33.1 Å². The number of carbonyl (C=O) groups excluding carboxylic acids is 1. The zero-order valence-corrected chi connectivity index (χ0v) is 8.91. The number of rotatable bonds is 4. The normalized spacial score (nSPS) is 31.4. The van der Waals surface area contributed by atoms with E-state index >= 15 is 0 Å². The first-order valence-corrected chi connectivity index (χ1v) is 5.06. The maximum absolute atomic E-state index is 11.2. The van der Waals surface area contributed by atoms with Crippen molar-refractivity contribution in [1.82, 2.24) is 0 Å². The van der Waals surface area contributed by atoms with E-state index in [9.17, 15) is 4.79 Å². The highest BCUT2D eigenvalue weighted by atomic mass is 16.5. The molecule has 3 nitrogen and oxygen atoms in total. The first-order chi connectivity index (χ1) is 6.59. The molecule has 0 aromatic rings. The lowest BCUT2D eigenvalue weighted by Gasteiger charge is -2.19. The first-order valence-electron chi connectivity index (χ1n) is 5.06. The van der Waals surface area contributed by atoms with Crippen molar-refractivity contribution < 1.29 is 14.3 Å². The molecular formula is C11H18O3. The summed E-state index contributed by atoms with van der Waals surface area (Å²) in [7, 11) is 0. The molecule has 0 saturated carbocycles. The zero-order chi connectivity index (χ0) is 10.6. The fourth-order valence-electron chi connectivity index (χ4n) is 1.65. The Kier molecular flexibility index (Phi) is 3.69. The predicted molar refractivity (Wildman–Crippen MR) is 54.0 cm³/mol. The highest BCUT2D eigenvalue weighted by molar-refractivity contribution is 5.70. The summed E-state index contributed by atoms with van der Waals surface area (Å²) >= 11 is 0. The summed E-state index contributed by atoms with van der Waals surface area (Å²) in [6.07, 6.45) is 3.99. The second-order valence-corrected chi connectivity index (χ2v) is 3.80. The molecule has 0 aromatic carbocycles. The Morgan fingerprint density at radius 2 is 2.50 bits per heavy atom. The van der Waals surface area contributed by atoms with Crippen LogP contribution in [0, 0.1) is 0 Å². The topological polar surface area (TPSA) is 35.5 Å². The van der Waals surface area contributed by atoms with Gasteiger partial charge < -0.3 is 9.47 Å². The lowest BCUT2D eigenvalue weighted by molar-refractivity contribution is -0.146. The summed E-state index contributed by atoms with van der Waals surface area (Å²) in [5.41, 5.74) is -0.253. The van der Waals surface area contributed by atoms with Crippen LogP contribution >= 0.6 is 0 Å². The van der Waals surface area contributed by atoms with Gasteiger partial charge in [0.2, 0.25) is 0 Å². The molecule has 1 rings (SSSR count). The van der Waals surface area contributed by atoms with Gasteiger partial charge >= 0.3 is 5.97 Å². The minimum atomic E-state index is -0.253. The largest absolute Gasteiger partial charge is 0.466 e. The Bertz CT molecular complexity index is 225. The summed E-state index contributed by atoms with van der Waals surface area (Å²) in [4.78, 5) is 11.2. The van der Waals surface area contributed by atoms with Crippen LogP contribution < -0.4 is 0 Å². The third-order valence-corrected chi connectivity index (χ3v) is 2.53. The van der Waals surface area contributed by atoms with Gasteiger partial charge in [-0.25, -0.2) is 0 Å². The quantitative estimate of drug-likeness (QED) is 0.512. The van der Waals surface area contributed by atoms with Gasteiger partial charge in [0.1, 0.15) is 0 Å². The molecule has 0 unspecified atom stereocenters. The van der Waals surface area contributed by atoms with Crippen molar-refractivity contribution in [1.29, 1.82) is 0 Å². The third-order valence-electron chi connectivity index (χ3n) is 2.53. The van der Waals surface area contributed by atoms with Crippen LogP contribution in [-0.2, 0) is 14.3 Å². The Labute approximate surface area is 85.1 Å². The van der Waals surface area contributed by atoms with E-state index in [4.69, 9.17) is 9.47 Å². The van der Waals surface area contributed by atoms with Crippen molar-refractivity contribution in [3.63, 3.8) is 0 Å². The maximum Gasteiger partial charge on any atom is 0.308 e. The van der Waals surface area contributed by atoms with E-state index in [-0.39, 0.29) is 17.7 Å². The zero-order valence-electron chi connectivity index (χ0n) is 8.91. The van der Waals surface area contributed by atoms with E-state index in [1.54, 1.807) is 13.0 Å². The smallest absolute Gasteiger partial charge is 0.308 e. The number of esters is 1. The molecule has 1 aliphatic heterocycles. The average Bonchev–Trinajstić information content (AvgIpc) is 2.49. The molecular weight excluding hydrogens is 180 g/mol. The van der Waals surface area contributed by atoms with E-state index < -0.39 is 0 Å². The fourth-order valence-corrected chi connectivity index (χ4v) is 1.65. The molecule has 0 amide bonds. The molecule has 3 heteroatoms. The lowest BCUT2D eigenvalue weighted by Crippen LogP contribution is -2.23. The van der Waals surface area contributed by atoms with Gasteiger partial charge in [0.05, 0.1) is 24.7 Å². The molecule has 0 bridgehead atoms. The first kappa shape index (κ1) is 11.2. The van der Waals surface area contributed by atoms with Crippen LogP contribution in [0.2, 0.25) is 0 Å². The van der Waals surface area contributed by atoms with Crippen LogP contribution in [0.4, 0.5) is 0 Å². The Hall–Kier alpha value is -0.830. The highest BCUT2D eigenvalue weighted by Gasteiger charge is 2.34. The van der Waals surface area contributed by atoms with Crippen LogP contribution in [-0.4, -0.2) is 24.3 Å². The number of ether oxygens (including phenoxy) is 2. The predicted octanol–water partition coefficient (Wildman–Crippen LogP) is 2.06. The SMILES string of the molecule is C=C[C@]1(C)CC[C@H](CC(=O)OCC)O1. The third kappa shape index (κ3) is 2.84. The summed E-state index contributed by atoms with van der Waals surface area (Å²) in [6, 6.07) is 0. The molecule has 0 radical (unpaired) electrons. The van der Waals surface area contributed by atoms with Gasteiger partial charge in [-0.3, -0.25) is 4.79 Å². The van der Waals surface area contributed by atoms with Gasteiger partial charge in [0.15, 0.2) is 0 Å². The summed E-state index contributed by atoms with van der Waals surface area (Å²) in [5.74, 6) is -0.175. The van der Waals surface area contributed by atoms with Gasteiger partial charge in [-0.2, -0.15) is 0 Å². The molecule has 1 aliphatic rings. The minimum absolute atomic E-state index is 0.00273. The van der Waals surface area contributed by atoms with Gasteiger partial charge in [-0.05, 0) is 26.7 Å². The van der Waals surface area contributed by atoms with Crippen LogP contribution in [0.15, 0.2) is 12.7 Å². The van der Waals surface area contributed by atoms with E-state index in [1.807, 2.05) is 6.92 Å². The lowest BCUT2D eigenvalue weighted by atomic mass is 10.0. The van der Waals surface area contributed by atoms with Crippen molar-refractivity contribution in [2.24, 2.45) is 0 Å². The summed E-state index contributed by atoms with van der Waals surface area (Å²) < 4.78 is 10.6. The Morgan fingerprint density at radius 1 is 1.79 bits per heavy atom. The van der Waals surface area contributed by atoms with E-state index in [2.05, 4.69) is 6.58 Å². The van der Waals surface area contributed by atoms with Crippen molar-refractivity contribution in [3.8, 4) is 0 Å². The molecule has 0 aromatic heterocycles. The van der Waals surface area contributed by atoms with Crippen molar-refractivity contribution >= 4 is 5.97 Å². The standard InChI is InChI=1S/C11H18O3/c1-4-11(3)7-6-9(14-11)8-10(12)13-5-2/h4,9H,1,5-8H2,2-3H3/t9-,11-/m1/s1. The van der Waals surface area contributed by atoms with Crippen molar-refractivity contribution in [2.75, 3.05) is 6.61 Å². The Balaban J connectivity index is 2.36. The van der Waals surface area contributed by atoms with Crippen molar-refractivity contribution in [2.45, 2.75) is 44.8 Å². The van der Waals surface area contributed by atoms with Gasteiger partial charge in [0, 0.05) is 0 Å².